The van der Waals surface area contributed by atoms with Crippen LogP contribution < -0.4 is 5.32 Å². The van der Waals surface area contributed by atoms with Crippen molar-refractivity contribution in [3.05, 3.63) is 11.7 Å². The summed E-state index contributed by atoms with van der Waals surface area (Å²) >= 11 is 0. The number of carbonyl (C=O) groups is 1. The Kier molecular flexibility index (Phi) is 7.45. The predicted molar refractivity (Wildman–Crippen MR) is 93.2 cm³/mol. The van der Waals surface area contributed by atoms with Gasteiger partial charge in [0.25, 0.3) is 0 Å². The number of amides is 1. The molecule has 1 aromatic rings. The first kappa shape index (κ1) is 19.1. The average molecular weight is 358 g/mol. The summed E-state index contributed by atoms with van der Waals surface area (Å²) in [7, 11) is 0. The normalized spacial score (nSPS) is 22.2. The highest BCUT2D eigenvalue weighted by molar-refractivity contribution is 5.85. The average Bonchev–Trinajstić information content (AvgIpc) is 2.99. The van der Waals surface area contributed by atoms with E-state index in [1.807, 2.05) is 11.8 Å². The number of piperazine rings is 1. The third-order valence-corrected chi connectivity index (χ3v) is 4.76. The van der Waals surface area contributed by atoms with Crippen LogP contribution in [-0.2, 0) is 11.2 Å². The second-order valence-corrected chi connectivity index (χ2v) is 6.62. The van der Waals surface area contributed by atoms with Gasteiger partial charge in [-0.2, -0.15) is 4.98 Å². The van der Waals surface area contributed by atoms with Gasteiger partial charge < -0.3 is 19.6 Å². The van der Waals surface area contributed by atoms with Gasteiger partial charge in [-0.3, -0.25) is 4.79 Å². The lowest BCUT2D eigenvalue weighted by molar-refractivity contribution is -0.132. The molecule has 0 aromatic carbocycles. The Morgan fingerprint density at radius 2 is 2.12 bits per heavy atom. The zero-order chi connectivity index (χ0) is 16.1. The maximum atomic E-state index is 12.3. The first-order valence-electron chi connectivity index (χ1n) is 8.71. The lowest BCUT2D eigenvalue weighted by atomic mass is 9.94. The summed E-state index contributed by atoms with van der Waals surface area (Å²) in [6.45, 7) is 8.34. The van der Waals surface area contributed by atoms with Gasteiger partial charge in [-0.05, 0) is 25.3 Å². The van der Waals surface area contributed by atoms with Gasteiger partial charge in [0.05, 0.1) is 0 Å². The molecule has 3 heterocycles. The number of nitrogens with one attached hydrogen (secondary N) is 1. The van der Waals surface area contributed by atoms with Crippen molar-refractivity contribution in [1.82, 2.24) is 25.3 Å². The topological polar surface area (TPSA) is 74.5 Å². The van der Waals surface area contributed by atoms with Crippen molar-refractivity contribution < 1.29 is 9.32 Å². The summed E-state index contributed by atoms with van der Waals surface area (Å²) in [4.78, 5) is 21.0. The van der Waals surface area contributed by atoms with E-state index >= 15 is 0 Å². The molecule has 2 fully saturated rings. The molecule has 2 aliphatic heterocycles. The summed E-state index contributed by atoms with van der Waals surface area (Å²) in [6.07, 6.45) is 3.90. The smallest absolute Gasteiger partial charge is 0.223 e. The van der Waals surface area contributed by atoms with Crippen molar-refractivity contribution in [2.75, 3.05) is 45.8 Å². The summed E-state index contributed by atoms with van der Waals surface area (Å²) in [6, 6.07) is 0. The fourth-order valence-corrected chi connectivity index (χ4v) is 3.53. The number of carbonyl (C=O) groups excluding carboxylic acids is 1. The molecule has 0 saturated carbocycles. The first-order chi connectivity index (χ1) is 11.2. The van der Waals surface area contributed by atoms with Gasteiger partial charge in [-0.15, -0.1) is 12.4 Å². The summed E-state index contributed by atoms with van der Waals surface area (Å²) in [5.74, 6) is 2.30. The molecule has 1 amide bonds. The van der Waals surface area contributed by atoms with Crippen LogP contribution in [0.4, 0.5) is 0 Å². The van der Waals surface area contributed by atoms with E-state index < -0.39 is 0 Å². The van der Waals surface area contributed by atoms with E-state index in [1.165, 1.54) is 12.8 Å². The minimum atomic E-state index is 0. The largest absolute Gasteiger partial charge is 0.340 e. The second-order valence-electron chi connectivity index (χ2n) is 6.62. The molecule has 8 heteroatoms. The van der Waals surface area contributed by atoms with Gasteiger partial charge in [0.15, 0.2) is 5.82 Å². The molecule has 0 radical (unpaired) electrons. The van der Waals surface area contributed by atoms with Gasteiger partial charge in [0.1, 0.15) is 0 Å². The zero-order valence-electron chi connectivity index (χ0n) is 14.4. The molecular formula is C16H28ClN5O2. The van der Waals surface area contributed by atoms with Crippen LogP contribution in [0.2, 0.25) is 0 Å². The summed E-state index contributed by atoms with van der Waals surface area (Å²) in [5, 5.41) is 7.28. The summed E-state index contributed by atoms with van der Waals surface area (Å²) < 4.78 is 5.05. The Labute approximate surface area is 149 Å². The predicted octanol–water partition coefficient (Wildman–Crippen LogP) is 0.876. The SMILES string of the molecule is Cc1nc(CC2CCCN(CCC(=O)N3CCNCC3)C2)no1.Cl. The van der Waals surface area contributed by atoms with Crippen LogP contribution in [-0.4, -0.2) is 71.7 Å². The molecule has 7 nitrogen and oxygen atoms in total. The van der Waals surface area contributed by atoms with E-state index in [2.05, 4.69) is 20.4 Å². The Bertz CT molecular complexity index is 518. The number of hydrogen-bond donors (Lipinski definition) is 1. The third-order valence-electron chi connectivity index (χ3n) is 4.76. The van der Waals surface area contributed by atoms with Crippen molar-refractivity contribution in [2.24, 2.45) is 5.92 Å². The second kappa shape index (κ2) is 9.34. The molecule has 3 rings (SSSR count). The highest BCUT2D eigenvalue weighted by atomic mass is 35.5. The van der Waals surface area contributed by atoms with Gasteiger partial charge in [0.2, 0.25) is 11.8 Å². The van der Waals surface area contributed by atoms with Gasteiger partial charge in [-0.25, -0.2) is 0 Å². The van der Waals surface area contributed by atoms with Crippen molar-refractivity contribution in [3.63, 3.8) is 0 Å². The van der Waals surface area contributed by atoms with Crippen LogP contribution in [0.1, 0.15) is 31.0 Å². The van der Waals surface area contributed by atoms with Crippen LogP contribution in [0.5, 0.6) is 0 Å². The van der Waals surface area contributed by atoms with Crippen LogP contribution in [0, 0.1) is 12.8 Å². The van der Waals surface area contributed by atoms with E-state index in [-0.39, 0.29) is 12.4 Å². The number of hydrogen-bond acceptors (Lipinski definition) is 6. The molecule has 0 spiro atoms. The minimum absolute atomic E-state index is 0. The van der Waals surface area contributed by atoms with Gasteiger partial charge >= 0.3 is 0 Å². The molecule has 1 atom stereocenters. The van der Waals surface area contributed by atoms with Crippen LogP contribution in [0.15, 0.2) is 4.52 Å². The molecule has 1 aromatic heterocycles. The lowest BCUT2D eigenvalue weighted by Crippen LogP contribution is -2.47. The number of rotatable bonds is 5. The molecule has 2 saturated heterocycles. The maximum Gasteiger partial charge on any atom is 0.223 e. The Morgan fingerprint density at radius 1 is 1.33 bits per heavy atom. The number of nitrogens with zero attached hydrogens (tertiary/aromatic N) is 4. The standard InChI is InChI=1S/C16H27N5O2.ClH/c1-13-18-15(19-23-13)11-14-3-2-7-20(12-14)8-4-16(22)21-9-5-17-6-10-21;/h14,17H,2-12H2,1H3;1H. The number of halogens is 1. The van der Waals surface area contributed by atoms with Gasteiger partial charge in [0, 0.05) is 59.0 Å². The summed E-state index contributed by atoms with van der Waals surface area (Å²) in [5.41, 5.74) is 0. The van der Waals surface area contributed by atoms with Crippen LogP contribution >= 0.6 is 12.4 Å². The van der Waals surface area contributed by atoms with Crippen molar-refractivity contribution in [3.8, 4) is 0 Å². The van der Waals surface area contributed by atoms with E-state index in [1.54, 1.807) is 0 Å². The van der Waals surface area contributed by atoms with E-state index in [9.17, 15) is 4.79 Å². The number of aromatic nitrogens is 2. The number of piperidine rings is 1. The number of likely N-dealkylation sites (tertiary alicyclic amines) is 1. The highest BCUT2D eigenvalue weighted by Crippen LogP contribution is 2.20. The van der Waals surface area contributed by atoms with Crippen molar-refractivity contribution >= 4 is 18.3 Å². The van der Waals surface area contributed by atoms with Crippen molar-refractivity contribution in [2.45, 2.75) is 32.6 Å². The lowest BCUT2D eigenvalue weighted by Gasteiger charge is -2.33. The van der Waals surface area contributed by atoms with Gasteiger partial charge in [-0.1, -0.05) is 5.16 Å². The fourth-order valence-electron chi connectivity index (χ4n) is 3.53. The third kappa shape index (κ3) is 5.43. The molecule has 1 unspecified atom stereocenters. The molecule has 0 bridgehead atoms. The molecular weight excluding hydrogens is 330 g/mol. The van der Waals surface area contributed by atoms with E-state index in [0.29, 0.717) is 24.1 Å². The van der Waals surface area contributed by atoms with Crippen LogP contribution in [0.3, 0.4) is 0 Å². The quantitative estimate of drug-likeness (QED) is 0.843. The Morgan fingerprint density at radius 3 is 2.83 bits per heavy atom. The van der Waals surface area contributed by atoms with Crippen molar-refractivity contribution in [1.29, 1.82) is 0 Å². The Hall–Kier alpha value is -1.18. The molecule has 24 heavy (non-hydrogen) atoms. The number of aryl methyl sites for hydroxylation is 1. The van der Waals surface area contributed by atoms with E-state index in [4.69, 9.17) is 4.52 Å². The Balaban J connectivity index is 0.00000208. The van der Waals surface area contributed by atoms with E-state index in [0.717, 1.165) is 58.1 Å². The molecule has 1 N–H and O–H groups in total. The highest BCUT2D eigenvalue weighted by Gasteiger charge is 2.23. The van der Waals surface area contributed by atoms with Crippen LogP contribution in [0.25, 0.3) is 0 Å². The fraction of sp³-hybridized carbons (Fsp3) is 0.812. The minimum Gasteiger partial charge on any atom is -0.340 e. The molecule has 136 valence electrons. The maximum absolute atomic E-state index is 12.3. The first-order valence-corrected chi connectivity index (χ1v) is 8.71. The molecule has 0 aliphatic carbocycles. The monoisotopic (exact) mass is 357 g/mol. The zero-order valence-corrected chi connectivity index (χ0v) is 15.2. The molecule has 2 aliphatic rings.